The number of nitrogens with two attached hydrogens (primary N) is 1. The molecule has 0 spiro atoms. The maximum absolute atomic E-state index is 12.1. The molecule has 1 atom stereocenters. The van der Waals surface area contributed by atoms with Crippen LogP contribution in [0.15, 0.2) is 0 Å². The van der Waals surface area contributed by atoms with Crippen LogP contribution in [0.3, 0.4) is 0 Å². The topological polar surface area (TPSA) is 66.6 Å². The Morgan fingerprint density at radius 3 is 2.47 bits per heavy atom. The highest BCUT2D eigenvalue weighted by Crippen LogP contribution is 2.19. The van der Waals surface area contributed by atoms with Gasteiger partial charge in [0, 0.05) is 19.6 Å². The molecule has 0 aromatic heterocycles. The highest BCUT2D eigenvalue weighted by molar-refractivity contribution is 7.86. The van der Waals surface area contributed by atoms with Crippen molar-refractivity contribution in [3.63, 3.8) is 0 Å². The minimum absolute atomic E-state index is 0.0378. The van der Waals surface area contributed by atoms with Crippen molar-refractivity contribution in [3.05, 3.63) is 0 Å². The van der Waals surface area contributed by atoms with Crippen LogP contribution < -0.4 is 5.73 Å². The van der Waals surface area contributed by atoms with Crippen LogP contribution in [0.2, 0.25) is 0 Å². The van der Waals surface area contributed by atoms with Crippen LogP contribution in [-0.2, 0) is 10.2 Å². The maximum atomic E-state index is 12.1. The molecular formula is C9H21N3O2S. The lowest BCUT2D eigenvalue weighted by Crippen LogP contribution is -2.54. The Kier molecular flexibility index (Phi) is 4.11. The molecule has 0 bridgehead atoms. The van der Waals surface area contributed by atoms with Crippen LogP contribution in [-0.4, -0.2) is 42.8 Å². The first-order valence-corrected chi connectivity index (χ1v) is 6.77. The third kappa shape index (κ3) is 2.69. The maximum Gasteiger partial charge on any atom is 0.283 e. The molecule has 15 heavy (non-hydrogen) atoms. The Morgan fingerprint density at radius 1 is 1.40 bits per heavy atom. The van der Waals surface area contributed by atoms with Crippen molar-refractivity contribution in [2.75, 3.05) is 13.6 Å². The Morgan fingerprint density at radius 2 is 2.00 bits per heavy atom. The number of rotatable bonds is 3. The van der Waals surface area contributed by atoms with E-state index in [9.17, 15) is 8.42 Å². The van der Waals surface area contributed by atoms with Crippen molar-refractivity contribution in [2.24, 2.45) is 5.73 Å². The lowest BCUT2D eigenvalue weighted by atomic mass is 10.1. The van der Waals surface area contributed by atoms with Crippen molar-refractivity contribution < 1.29 is 8.42 Å². The van der Waals surface area contributed by atoms with Gasteiger partial charge in [0.1, 0.15) is 0 Å². The summed E-state index contributed by atoms with van der Waals surface area (Å²) in [6.07, 6.45) is 2.31. The summed E-state index contributed by atoms with van der Waals surface area (Å²) in [7, 11) is -1.77. The quantitative estimate of drug-likeness (QED) is 0.767. The number of hydrogen-bond donors (Lipinski definition) is 1. The van der Waals surface area contributed by atoms with Gasteiger partial charge in [-0.1, -0.05) is 0 Å². The first-order valence-electron chi connectivity index (χ1n) is 5.37. The number of piperidine rings is 1. The van der Waals surface area contributed by atoms with Gasteiger partial charge in [0.2, 0.25) is 0 Å². The molecule has 0 aliphatic carbocycles. The van der Waals surface area contributed by atoms with Crippen molar-refractivity contribution in [3.8, 4) is 0 Å². The Hall–Kier alpha value is -0.170. The van der Waals surface area contributed by atoms with Crippen LogP contribution in [0, 0.1) is 0 Å². The van der Waals surface area contributed by atoms with E-state index < -0.39 is 10.2 Å². The molecule has 0 aromatic rings. The highest BCUT2D eigenvalue weighted by Gasteiger charge is 2.33. The van der Waals surface area contributed by atoms with Crippen molar-refractivity contribution in [1.29, 1.82) is 0 Å². The van der Waals surface area contributed by atoms with Gasteiger partial charge in [-0.25, -0.2) is 0 Å². The summed E-state index contributed by atoms with van der Waals surface area (Å²) in [5.41, 5.74) is 5.82. The van der Waals surface area contributed by atoms with Gasteiger partial charge in [0.15, 0.2) is 0 Å². The van der Waals surface area contributed by atoms with E-state index >= 15 is 0 Å². The first-order chi connectivity index (χ1) is 6.87. The molecule has 1 rings (SSSR count). The second-order valence-electron chi connectivity index (χ2n) is 4.29. The summed E-state index contributed by atoms with van der Waals surface area (Å²) in [6.45, 7) is 4.25. The fourth-order valence-electron chi connectivity index (χ4n) is 1.65. The lowest BCUT2D eigenvalue weighted by molar-refractivity contribution is 0.235. The fourth-order valence-corrected chi connectivity index (χ4v) is 3.32. The Bertz CT molecular complexity index is 302. The molecule has 0 radical (unpaired) electrons. The predicted octanol–water partition coefficient (Wildman–Crippen LogP) is 0.342. The zero-order valence-corrected chi connectivity index (χ0v) is 10.5. The minimum atomic E-state index is -3.37. The van der Waals surface area contributed by atoms with Gasteiger partial charge in [0.25, 0.3) is 10.2 Å². The standard InChI is InChI=1S/C9H21N3O2S/c1-8(2)11(3)15(13,14)12-7-5-4-6-9(12)10/h8-9H,4-7,10H2,1-3H3. The van der Waals surface area contributed by atoms with Crippen LogP contribution >= 0.6 is 0 Å². The van der Waals surface area contributed by atoms with Gasteiger partial charge >= 0.3 is 0 Å². The Labute approximate surface area is 92.4 Å². The molecule has 1 aliphatic rings. The highest BCUT2D eigenvalue weighted by atomic mass is 32.2. The van der Waals surface area contributed by atoms with Gasteiger partial charge in [-0.15, -0.1) is 0 Å². The normalized spacial score (nSPS) is 25.1. The third-order valence-electron chi connectivity index (χ3n) is 2.89. The Balaban J connectivity index is 2.84. The summed E-state index contributed by atoms with van der Waals surface area (Å²) in [5.74, 6) is 0. The smallest absolute Gasteiger partial charge is 0.283 e. The van der Waals surface area contributed by atoms with E-state index in [1.807, 2.05) is 13.8 Å². The molecule has 6 heteroatoms. The molecule has 1 saturated heterocycles. The summed E-state index contributed by atoms with van der Waals surface area (Å²) in [5, 5.41) is 0. The largest absolute Gasteiger partial charge is 0.315 e. The molecule has 0 saturated carbocycles. The van der Waals surface area contributed by atoms with Crippen LogP contribution in [0.5, 0.6) is 0 Å². The molecule has 1 unspecified atom stereocenters. The monoisotopic (exact) mass is 235 g/mol. The molecule has 5 nitrogen and oxygen atoms in total. The van der Waals surface area contributed by atoms with Crippen LogP contribution in [0.1, 0.15) is 33.1 Å². The van der Waals surface area contributed by atoms with Crippen molar-refractivity contribution in [1.82, 2.24) is 8.61 Å². The fraction of sp³-hybridized carbons (Fsp3) is 1.00. The summed E-state index contributed by atoms with van der Waals surface area (Å²) in [4.78, 5) is 0. The second-order valence-corrected chi connectivity index (χ2v) is 6.23. The van der Waals surface area contributed by atoms with E-state index in [-0.39, 0.29) is 12.2 Å². The van der Waals surface area contributed by atoms with E-state index in [1.54, 1.807) is 7.05 Å². The zero-order valence-electron chi connectivity index (χ0n) is 9.68. The third-order valence-corrected chi connectivity index (χ3v) is 5.08. The van der Waals surface area contributed by atoms with Gasteiger partial charge in [-0.2, -0.15) is 17.0 Å². The molecule has 1 heterocycles. The van der Waals surface area contributed by atoms with Crippen molar-refractivity contribution in [2.45, 2.75) is 45.3 Å². The van der Waals surface area contributed by atoms with E-state index in [0.29, 0.717) is 6.54 Å². The van der Waals surface area contributed by atoms with Crippen LogP contribution in [0.4, 0.5) is 0 Å². The molecule has 0 amide bonds. The minimum Gasteiger partial charge on any atom is -0.315 e. The molecular weight excluding hydrogens is 214 g/mol. The first kappa shape index (κ1) is 12.9. The zero-order chi connectivity index (χ0) is 11.6. The summed E-state index contributed by atoms with van der Waals surface area (Å²) < 4.78 is 27.0. The summed E-state index contributed by atoms with van der Waals surface area (Å²) in [6, 6.07) is -0.0378. The van der Waals surface area contributed by atoms with E-state index in [4.69, 9.17) is 5.73 Å². The number of hydrogen-bond acceptors (Lipinski definition) is 3. The molecule has 2 N–H and O–H groups in total. The van der Waals surface area contributed by atoms with Gasteiger partial charge in [-0.3, -0.25) is 0 Å². The van der Waals surface area contributed by atoms with E-state index in [1.165, 1.54) is 8.61 Å². The number of nitrogens with zero attached hydrogens (tertiary/aromatic N) is 2. The van der Waals surface area contributed by atoms with Gasteiger partial charge < -0.3 is 5.73 Å². The predicted molar refractivity (Wildman–Crippen MR) is 60.4 cm³/mol. The van der Waals surface area contributed by atoms with Crippen LogP contribution in [0.25, 0.3) is 0 Å². The average Bonchev–Trinajstić information content (AvgIpc) is 2.16. The van der Waals surface area contributed by atoms with Gasteiger partial charge in [-0.05, 0) is 33.1 Å². The summed E-state index contributed by atoms with van der Waals surface area (Å²) >= 11 is 0. The molecule has 1 aliphatic heterocycles. The van der Waals surface area contributed by atoms with E-state index in [0.717, 1.165) is 19.3 Å². The molecule has 90 valence electrons. The lowest BCUT2D eigenvalue weighted by Gasteiger charge is -2.36. The second kappa shape index (κ2) is 4.78. The van der Waals surface area contributed by atoms with Gasteiger partial charge in [0.05, 0.1) is 6.17 Å². The molecule has 0 aromatic carbocycles. The van der Waals surface area contributed by atoms with E-state index in [2.05, 4.69) is 0 Å². The average molecular weight is 235 g/mol. The van der Waals surface area contributed by atoms with Crippen molar-refractivity contribution >= 4 is 10.2 Å². The molecule has 1 fully saturated rings. The SMILES string of the molecule is CC(C)N(C)S(=O)(=O)N1CCCCC1N.